The van der Waals surface area contributed by atoms with Crippen LogP contribution in [0.15, 0.2) is 23.3 Å². The second-order valence-corrected chi connectivity index (χ2v) is 10.7. The minimum atomic E-state index is -5.73. The highest BCUT2D eigenvalue weighted by atomic mass is 31.3. The molecule has 0 amide bonds. The third kappa shape index (κ3) is 6.12. The van der Waals surface area contributed by atoms with Gasteiger partial charge in [0.25, 0.3) is 5.56 Å². The lowest BCUT2D eigenvalue weighted by molar-refractivity contribution is -0.0226. The first kappa shape index (κ1) is 25.2. The Hall–Kier alpha value is -1.42. The third-order valence-corrected chi connectivity index (χ3v) is 7.80. The summed E-state index contributed by atoms with van der Waals surface area (Å²) in [6, 6.07) is 1.26. The molecule has 0 bridgehead atoms. The van der Waals surface area contributed by atoms with Crippen LogP contribution in [0, 0.1) is 0 Å². The van der Waals surface area contributed by atoms with Gasteiger partial charge < -0.3 is 39.5 Å². The molecule has 3 rings (SSSR count). The number of hydrogen-bond donors (Lipinski definition) is 7. The van der Waals surface area contributed by atoms with E-state index >= 15 is 0 Å². The van der Waals surface area contributed by atoms with E-state index in [2.05, 4.69) is 28.1 Å². The predicted octanol–water partition coefficient (Wildman–Crippen LogP) is -1.18. The fourth-order valence-corrected chi connectivity index (χ4v) is 5.80. The molecule has 20 heteroatoms. The molecule has 3 unspecified atom stereocenters. The predicted molar refractivity (Wildman–Crippen MR) is 99.6 cm³/mol. The Bertz CT molecular complexity index is 1200. The molecular weight excluding hydrogens is 503 g/mol. The summed E-state index contributed by atoms with van der Waals surface area (Å²) in [7, 11) is -16.8. The SMILES string of the molecule is O=c1[nH]c2nccnc2cc1[C@@H]1O[C@H](COP(=O)(O)OP(=O)(O)OP(=O)(O)O)C(O)[C@@H]1O. The van der Waals surface area contributed by atoms with E-state index in [1.54, 1.807) is 0 Å². The summed E-state index contributed by atoms with van der Waals surface area (Å²) in [5.41, 5.74) is -0.476. The molecule has 0 aromatic carbocycles. The van der Waals surface area contributed by atoms with Gasteiger partial charge in [0.2, 0.25) is 0 Å². The molecule has 7 N–H and O–H groups in total. The molecule has 32 heavy (non-hydrogen) atoms. The summed E-state index contributed by atoms with van der Waals surface area (Å²) >= 11 is 0. The molecule has 2 aromatic rings. The van der Waals surface area contributed by atoms with Gasteiger partial charge in [-0.25, -0.2) is 18.7 Å². The Labute approximate surface area is 177 Å². The Kier molecular flexibility index (Phi) is 7.15. The highest BCUT2D eigenvalue weighted by molar-refractivity contribution is 7.66. The smallest absolute Gasteiger partial charge is 0.387 e. The number of aliphatic hydroxyl groups is 2. The van der Waals surface area contributed by atoms with Gasteiger partial charge in [-0.15, -0.1) is 0 Å². The number of phosphoric acid groups is 3. The first-order valence-corrected chi connectivity index (χ1v) is 12.8. The number of nitrogens with zero attached hydrogens (tertiary/aromatic N) is 2. The van der Waals surface area contributed by atoms with Crippen LogP contribution in [0.1, 0.15) is 11.7 Å². The van der Waals surface area contributed by atoms with Crippen LogP contribution >= 0.6 is 23.5 Å². The van der Waals surface area contributed by atoms with Crippen LogP contribution in [0.4, 0.5) is 0 Å². The minimum absolute atomic E-state index is 0.148. The maximum Gasteiger partial charge on any atom is 0.490 e. The van der Waals surface area contributed by atoms with Crippen molar-refractivity contribution in [3.8, 4) is 0 Å². The summed E-state index contributed by atoms with van der Waals surface area (Å²) in [6.45, 7) is -1.01. The number of ether oxygens (including phenoxy) is 1. The highest BCUT2D eigenvalue weighted by Gasteiger charge is 2.47. The molecule has 2 aromatic heterocycles. The fraction of sp³-hybridized carbons (Fsp3) is 0.417. The maximum atomic E-state index is 12.3. The number of rotatable bonds is 8. The Balaban J connectivity index is 1.71. The lowest BCUT2D eigenvalue weighted by Crippen LogP contribution is -2.33. The van der Waals surface area contributed by atoms with E-state index in [4.69, 9.17) is 19.4 Å². The molecule has 0 aliphatic carbocycles. The first-order chi connectivity index (χ1) is 14.7. The van der Waals surface area contributed by atoms with Gasteiger partial charge in [0, 0.05) is 12.4 Å². The molecule has 1 saturated heterocycles. The number of hydrogen-bond acceptors (Lipinski definition) is 12. The summed E-state index contributed by atoms with van der Waals surface area (Å²) in [6.07, 6.45) is -3.71. The maximum absolute atomic E-state index is 12.3. The normalized spacial score (nSPS) is 27.8. The van der Waals surface area contributed by atoms with E-state index in [0.29, 0.717) is 0 Å². The van der Waals surface area contributed by atoms with Crippen LogP contribution in [0.25, 0.3) is 11.2 Å². The lowest BCUT2D eigenvalue weighted by Gasteiger charge is -2.19. The molecule has 6 atom stereocenters. The molecule has 3 heterocycles. The van der Waals surface area contributed by atoms with Gasteiger partial charge in [-0.3, -0.25) is 14.3 Å². The van der Waals surface area contributed by atoms with E-state index in [1.165, 1.54) is 18.5 Å². The second kappa shape index (κ2) is 9.08. The van der Waals surface area contributed by atoms with Gasteiger partial charge in [0.05, 0.1) is 12.2 Å². The molecule has 0 radical (unpaired) electrons. The van der Waals surface area contributed by atoms with Crippen molar-refractivity contribution in [1.82, 2.24) is 15.0 Å². The Morgan fingerprint density at radius 3 is 2.31 bits per heavy atom. The Morgan fingerprint density at radius 1 is 1.00 bits per heavy atom. The average molecular weight is 519 g/mol. The van der Waals surface area contributed by atoms with E-state index in [0.717, 1.165) is 0 Å². The zero-order valence-corrected chi connectivity index (χ0v) is 18.1. The number of phosphoric ester groups is 1. The summed E-state index contributed by atoms with van der Waals surface area (Å²) in [5, 5.41) is 20.4. The van der Waals surface area contributed by atoms with Crippen LogP contribution in [-0.2, 0) is 31.6 Å². The van der Waals surface area contributed by atoms with Gasteiger partial charge in [0.1, 0.15) is 29.9 Å². The first-order valence-electron chi connectivity index (χ1n) is 8.31. The van der Waals surface area contributed by atoms with Crippen LogP contribution in [-0.4, -0.2) is 69.7 Å². The number of aromatic amines is 1. The molecule has 0 spiro atoms. The number of aromatic nitrogens is 3. The minimum Gasteiger partial charge on any atom is -0.387 e. The summed E-state index contributed by atoms with van der Waals surface area (Å²) in [4.78, 5) is 58.2. The van der Waals surface area contributed by atoms with Crippen LogP contribution in [0.5, 0.6) is 0 Å². The van der Waals surface area contributed by atoms with Crippen molar-refractivity contribution in [2.75, 3.05) is 6.61 Å². The second-order valence-electron chi connectivity index (χ2n) is 6.31. The topological polar surface area (TPSA) is 268 Å². The van der Waals surface area contributed by atoms with Crippen molar-refractivity contribution >= 4 is 34.6 Å². The van der Waals surface area contributed by atoms with Gasteiger partial charge in [-0.2, -0.15) is 8.62 Å². The van der Waals surface area contributed by atoms with Crippen molar-refractivity contribution in [3.05, 3.63) is 34.4 Å². The molecule has 178 valence electrons. The van der Waals surface area contributed by atoms with Crippen LogP contribution in [0.2, 0.25) is 0 Å². The average Bonchev–Trinajstić information content (AvgIpc) is 2.91. The molecule has 1 aliphatic rings. The Morgan fingerprint density at radius 2 is 1.66 bits per heavy atom. The zero-order valence-electron chi connectivity index (χ0n) is 15.4. The van der Waals surface area contributed by atoms with Crippen LogP contribution < -0.4 is 5.56 Å². The molecule has 1 fully saturated rings. The molecule has 17 nitrogen and oxygen atoms in total. The van der Waals surface area contributed by atoms with Crippen molar-refractivity contribution in [2.24, 2.45) is 0 Å². The van der Waals surface area contributed by atoms with Gasteiger partial charge in [-0.1, -0.05) is 0 Å². The number of nitrogens with one attached hydrogen (secondary N) is 1. The highest BCUT2D eigenvalue weighted by Crippen LogP contribution is 2.66. The van der Waals surface area contributed by atoms with Gasteiger partial charge in [0.15, 0.2) is 5.65 Å². The largest absolute Gasteiger partial charge is 0.490 e. The summed E-state index contributed by atoms with van der Waals surface area (Å²) < 4.78 is 50.6. The quantitative estimate of drug-likeness (QED) is 0.202. The number of aliphatic hydroxyl groups excluding tert-OH is 2. The number of H-pyrrole nitrogens is 1. The van der Waals surface area contributed by atoms with Gasteiger partial charge in [-0.05, 0) is 6.07 Å². The standard InChI is InChI=1S/C12H16N3O14P3/c16-8-7(4-26-31(22,23)29-32(24,25)28-30(19,20)21)27-10(9(8)17)5-3-6-11(15-12(5)18)14-2-1-13-6/h1-3,7-10,16-17H,4H2,(H,22,23)(H,24,25)(H,14,15,18)(H2,19,20,21)/t7-,8?,9+,10+/m1/s1. The van der Waals surface area contributed by atoms with Gasteiger partial charge >= 0.3 is 23.5 Å². The van der Waals surface area contributed by atoms with Crippen molar-refractivity contribution in [3.63, 3.8) is 0 Å². The van der Waals surface area contributed by atoms with E-state index < -0.39 is 60.1 Å². The molecule has 0 saturated carbocycles. The van der Waals surface area contributed by atoms with E-state index in [1.807, 2.05) is 0 Å². The van der Waals surface area contributed by atoms with Crippen molar-refractivity contribution in [1.29, 1.82) is 0 Å². The monoisotopic (exact) mass is 519 g/mol. The van der Waals surface area contributed by atoms with Crippen molar-refractivity contribution in [2.45, 2.75) is 24.4 Å². The number of fused-ring (bicyclic) bond motifs is 1. The number of pyridine rings is 1. The summed E-state index contributed by atoms with van der Waals surface area (Å²) in [5.74, 6) is 0. The molecular formula is C12H16N3O14P3. The lowest BCUT2D eigenvalue weighted by atomic mass is 10.0. The zero-order chi connectivity index (χ0) is 23.9. The molecule has 1 aliphatic heterocycles. The van der Waals surface area contributed by atoms with E-state index in [9.17, 15) is 33.6 Å². The van der Waals surface area contributed by atoms with E-state index in [-0.39, 0.29) is 16.7 Å². The van der Waals surface area contributed by atoms with Crippen LogP contribution in [0.3, 0.4) is 0 Å². The fourth-order valence-electron chi connectivity index (χ4n) is 2.77. The third-order valence-electron chi connectivity index (χ3n) is 4.00. The van der Waals surface area contributed by atoms with Crippen molar-refractivity contribution < 1.29 is 61.4 Å².